The molecule has 0 fully saturated rings. The third-order valence-corrected chi connectivity index (χ3v) is 4.29. The van der Waals surface area contributed by atoms with Crippen molar-refractivity contribution < 1.29 is 4.79 Å². The molecule has 4 heteroatoms. The lowest BCUT2D eigenvalue weighted by Gasteiger charge is -2.06. The Morgan fingerprint density at radius 3 is 2.60 bits per heavy atom. The fourth-order valence-electron chi connectivity index (χ4n) is 3.12. The van der Waals surface area contributed by atoms with E-state index in [1.807, 2.05) is 6.92 Å². The van der Waals surface area contributed by atoms with Crippen LogP contribution < -0.4 is 5.73 Å². The van der Waals surface area contributed by atoms with Crippen LogP contribution in [0.15, 0.2) is 18.3 Å². The van der Waals surface area contributed by atoms with E-state index >= 15 is 0 Å². The van der Waals surface area contributed by atoms with Crippen molar-refractivity contribution in [2.45, 2.75) is 26.4 Å². The first-order chi connectivity index (χ1) is 9.45. The summed E-state index contributed by atoms with van der Waals surface area (Å²) < 4.78 is 2.15. The number of hydrogen-bond acceptors (Lipinski definition) is 2. The molecule has 1 aliphatic rings. The Kier molecular flexibility index (Phi) is 3.05. The molecule has 106 valence electrons. The minimum absolute atomic E-state index is 0.128. The summed E-state index contributed by atoms with van der Waals surface area (Å²) >= 11 is 0. The number of hydrogen-bond donors (Lipinski definition) is 1. The SMILES string of the molecule is CC(Cc1cn(C)c2cc3c(cc12)CN(C)C3)C(N)=O. The fraction of sp³-hybridized carbons (Fsp3) is 0.438. The number of rotatable bonds is 3. The smallest absolute Gasteiger partial charge is 0.220 e. The van der Waals surface area contributed by atoms with Crippen LogP contribution in [0, 0.1) is 5.92 Å². The summed E-state index contributed by atoms with van der Waals surface area (Å²) in [5, 5.41) is 1.26. The summed E-state index contributed by atoms with van der Waals surface area (Å²) in [7, 11) is 4.20. The number of primary amides is 1. The van der Waals surface area contributed by atoms with Crippen molar-refractivity contribution in [3.05, 3.63) is 35.0 Å². The fourth-order valence-corrected chi connectivity index (χ4v) is 3.12. The predicted octanol–water partition coefficient (Wildman–Crippen LogP) is 1.79. The second-order valence-corrected chi connectivity index (χ2v) is 6.08. The van der Waals surface area contributed by atoms with E-state index in [0.29, 0.717) is 6.42 Å². The molecule has 3 rings (SSSR count). The van der Waals surface area contributed by atoms with E-state index in [9.17, 15) is 4.79 Å². The van der Waals surface area contributed by atoms with Crippen LogP contribution in [0.25, 0.3) is 10.9 Å². The zero-order chi connectivity index (χ0) is 14.4. The lowest BCUT2D eigenvalue weighted by Crippen LogP contribution is -2.22. The van der Waals surface area contributed by atoms with Gasteiger partial charge in [0.1, 0.15) is 0 Å². The molecule has 1 aromatic carbocycles. The summed E-state index contributed by atoms with van der Waals surface area (Å²) in [6.07, 6.45) is 2.84. The first kappa shape index (κ1) is 13.2. The molecule has 0 bridgehead atoms. The molecular weight excluding hydrogens is 250 g/mol. The van der Waals surface area contributed by atoms with Crippen molar-refractivity contribution >= 4 is 16.8 Å². The molecular formula is C16H21N3O. The van der Waals surface area contributed by atoms with Crippen LogP contribution in [0.3, 0.4) is 0 Å². The van der Waals surface area contributed by atoms with E-state index < -0.39 is 0 Å². The van der Waals surface area contributed by atoms with Gasteiger partial charge in [-0.25, -0.2) is 0 Å². The summed E-state index contributed by atoms with van der Waals surface area (Å²) in [5.41, 5.74) is 10.7. The number of nitrogens with zero attached hydrogens (tertiary/aromatic N) is 2. The van der Waals surface area contributed by atoms with Crippen molar-refractivity contribution in [2.24, 2.45) is 18.7 Å². The van der Waals surface area contributed by atoms with Crippen LogP contribution in [0.5, 0.6) is 0 Å². The maximum absolute atomic E-state index is 11.3. The van der Waals surface area contributed by atoms with Gasteiger partial charge in [-0.2, -0.15) is 0 Å². The van der Waals surface area contributed by atoms with Gasteiger partial charge in [0, 0.05) is 43.2 Å². The molecule has 20 heavy (non-hydrogen) atoms. The highest BCUT2D eigenvalue weighted by Crippen LogP contribution is 2.30. The highest BCUT2D eigenvalue weighted by Gasteiger charge is 2.20. The standard InChI is InChI=1S/C16H21N3O/c1-10(16(17)20)4-13-9-19(3)15-6-12-8-18(2)7-11(12)5-14(13)15/h5-6,9-10H,4,7-8H2,1-3H3,(H2,17,20). The topological polar surface area (TPSA) is 51.3 Å². The normalized spacial score (nSPS) is 16.6. The van der Waals surface area contributed by atoms with Gasteiger partial charge in [0.15, 0.2) is 0 Å². The zero-order valence-electron chi connectivity index (χ0n) is 12.3. The third kappa shape index (κ3) is 2.10. The summed E-state index contributed by atoms with van der Waals surface area (Å²) in [5.74, 6) is -0.362. The van der Waals surface area contributed by atoms with Crippen LogP contribution >= 0.6 is 0 Å². The van der Waals surface area contributed by atoms with Crippen molar-refractivity contribution in [2.75, 3.05) is 7.05 Å². The zero-order valence-corrected chi connectivity index (χ0v) is 12.3. The molecule has 0 saturated heterocycles. The first-order valence-electron chi connectivity index (χ1n) is 7.03. The van der Waals surface area contributed by atoms with E-state index in [-0.39, 0.29) is 11.8 Å². The number of nitrogens with two attached hydrogens (primary N) is 1. The number of carbonyl (C=O) groups is 1. The monoisotopic (exact) mass is 271 g/mol. The maximum Gasteiger partial charge on any atom is 0.220 e. The second kappa shape index (κ2) is 4.63. The molecule has 0 saturated carbocycles. The molecule has 2 N–H and O–H groups in total. The minimum Gasteiger partial charge on any atom is -0.369 e. The number of aryl methyl sites for hydroxylation is 1. The van der Waals surface area contributed by atoms with E-state index in [1.54, 1.807) is 0 Å². The van der Waals surface area contributed by atoms with Gasteiger partial charge in [0.25, 0.3) is 0 Å². The van der Waals surface area contributed by atoms with Crippen LogP contribution in [-0.2, 0) is 31.4 Å². The molecule has 0 radical (unpaired) electrons. The van der Waals surface area contributed by atoms with Crippen LogP contribution in [-0.4, -0.2) is 22.4 Å². The Bertz CT molecular complexity index is 687. The highest BCUT2D eigenvalue weighted by molar-refractivity contribution is 5.86. The first-order valence-corrected chi connectivity index (χ1v) is 7.03. The summed E-state index contributed by atoms with van der Waals surface area (Å²) in [4.78, 5) is 13.6. The quantitative estimate of drug-likeness (QED) is 0.925. The molecule has 2 heterocycles. The Morgan fingerprint density at radius 2 is 1.95 bits per heavy atom. The average molecular weight is 271 g/mol. The minimum atomic E-state index is -0.233. The lowest BCUT2D eigenvalue weighted by molar-refractivity contribution is -0.121. The Labute approximate surface area is 119 Å². The summed E-state index contributed by atoms with van der Waals surface area (Å²) in [6.45, 7) is 3.91. The molecule has 0 spiro atoms. The van der Waals surface area contributed by atoms with Crippen LogP contribution in [0.1, 0.15) is 23.6 Å². The van der Waals surface area contributed by atoms with Gasteiger partial charge in [-0.1, -0.05) is 6.92 Å². The van der Waals surface area contributed by atoms with Crippen molar-refractivity contribution in [3.8, 4) is 0 Å². The van der Waals surface area contributed by atoms with Crippen molar-refractivity contribution in [1.29, 1.82) is 0 Å². The van der Waals surface area contributed by atoms with Gasteiger partial charge in [0.2, 0.25) is 5.91 Å². The van der Waals surface area contributed by atoms with E-state index in [1.165, 1.54) is 27.6 Å². The number of benzene rings is 1. The van der Waals surface area contributed by atoms with Gasteiger partial charge in [-0.15, -0.1) is 0 Å². The van der Waals surface area contributed by atoms with Gasteiger partial charge in [-0.3, -0.25) is 9.69 Å². The van der Waals surface area contributed by atoms with Crippen molar-refractivity contribution in [1.82, 2.24) is 9.47 Å². The molecule has 1 aromatic heterocycles. The number of carbonyl (C=O) groups excluding carboxylic acids is 1. The second-order valence-electron chi connectivity index (χ2n) is 6.08. The van der Waals surface area contributed by atoms with E-state index in [4.69, 9.17) is 5.73 Å². The molecule has 4 nitrogen and oxygen atoms in total. The van der Waals surface area contributed by atoms with Gasteiger partial charge >= 0.3 is 0 Å². The molecule has 1 amide bonds. The number of fused-ring (bicyclic) bond motifs is 2. The molecule has 1 atom stereocenters. The molecule has 0 aliphatic carbocycles. The number of amides is 1. The van der Waals surface area contributed by atoms with Gasteiger partial charge in [-0.05, 0) is 42.3 Å². The third-order valence-electron chi connectivity index (χ3n) is 4.29. The molecule has 2 aromatic rings. The Morgan fingerprint density at radius 1 is 1.30 bits per heavy atom. The largest absolute Gasteiger partial charge is 0.369 e. The predicted molar refractivity (Wildman–Crippen MR) is 80.2 cm³/mol. The maximum atomic E-state index is 11.3. The van der Waals surface area contributed by atoms with E-state index in [0.717, 1.165) is 13.1 Å². The highest BCUT2D eigenvalue weighted by atomic mass is 16.1. The van der Waals surface area contributed by atoms with Crippen LogP contribution in [0.2, 0.25) is 0 Å². The van der Waals surface area contributed by atoms with Crippen molar-refractivity contribution in [3.63, 3.8) is 0 Å². The Balaban J connectivity index is 2.06. The average Bonchev–Trinajstić information content (AvgIpc) is 2.87. The summed E-state index contributed by atoms with van der Waals surface area (Å²) in [6, 6.07) is 4.57. The lowest BCUT2D eigenvalue weighted by atomic mass is 9.98. The van der Waals surface area contributed by atoms with Crippen LogP contribution in [0.4, 0.5) is 0 Å². The number of aromatic nitrogens is 1. The van der Waals surface area contributed by atoms with Gasteiger partial charge < -0.3 is 10.3 Å². The molecule has 1 aliphatic heterocycles. The molecule has 1 unspecified atom stereocenters. The van der Waals surface area contributed by atoms with E-state index in [2.05, 4.69) is 41.9 Å². The van der Waals surface area contributed by atoms with Gasteiger partial charge in [0.05, 0.1) is 0 Å². The Hall–Kier alpha value is -1.81.